The van der Waals surface area contributed by atoms with Gasteiger partial charge in [-0.25, -0.2) is 4.79 Å². The summed E-state index contributed by atoms with van der Waals surface area (Å²) < 4.78 is 5.27. The summed E-state index contributed by atoms with van der Waals surface area (Å²) in [5.74, 6) is -0.0962. The Morgan fingerprint density at radius 3 is 2.37 bits per heavy atom. The molecule has 0 aliphatic rings. The van der Waals surface area contributed by atoms with Crippen molar-refractivity contribution >= 4 is 17.3 Å². The van der Waals surface area contributed by atoms with Gasteiger partial charge in [-0.1, -0.05) is 36.4 Å². The molecular formula is C23H23NO3. The van der Waals surface area contributed by atoms with Crippen molar-refractivity contribution in [1.82, 2.24) is 0 Å². The van der Waals surface area contributed by atoms with E-state index in [-0.39, 0.29) is 5.56 Å². The second-order valence-corrected chi connectivity index (χ2v) is 6.48. The lowest BCUT2D eigenvalue weighted by molar-refractivity contribution is 0.0698. The number of benzene rings is 3. The largest absolute Gasteiger partial charge is 0.497 e. The van der Waals surface area contributed by atoms with Gasteiger partial charge in [0.15, 0.2) is 0 Å². The van der Waals surface area contributed by atoms with Crippen molar-refractivity contribution in [1.29, 1.82) is 0 Å². The lowest BCUT2D eigenvalue weighted by atomic mass is 10.0. The van der Waals surface area contributed by atoms with Gasteiger partial charge in [0.1, 0.15) is 5.75 Å². The number of aromatic carboxylic acids is 1. The number of para-hydroxylation sites is 1. The highest BCUT2D eigenvalue weighted by atomic mass is 16.5. The maximum Gasteiger partial charge on any atom is 0.337 e. The average molecular weight is 361 g/mol. The van der Waals surface area contributed by atoms with E-state index in [9.17, 15) is 9.90 Å². The van der Waals surface area contributed by atoms with E-state index in [0.29, 0.717) is 5.69 Å². The number of rotatable bonds is 7. The van der Waals surface area contributed by atoms with Crippen LogP contribution in [0.4, 0.5) is 11.4 Å². The number of hydrogen-bond donors (Lipinski definition) is 2. The summed E-state index contributed by atoms with van der Waals surface area (Å²) in [7, 11) is 1.66. The summed E-state index contributed by atoms with van der Waals surface area (Å²) in [6.45, 7) is 2.00. The molecule has 0 aliphatic heterocycles. The molecule has 0 spiro atoms. The second kappa shape index (κ2) is 8.41. The van der Waals surface area contributed by atoms with Gasteiger partial charge in [-0.3, -0.25) is 0 Å². The normalized spacial score (nSPS) is 10.4. The summed E-state index contributed by atoms with van der Waals surface area (Å²) in [6.07, 6.45) is 1.67. The van der Waals surface area contributed by atoms with E-state index >= 15 is 0 Å². The second-order valence-electron chi connectivity index (χ2n) is 6.48. The van der Waals surface area contributed by atoms with Crippen molar-refractivity contribution < 1.29 is 14.6 Å². The van der Waals surface area contributed by atoms with E-state index in [2.05, 4.69) is 11.4 Å². The van der Waals surface area contributed by atoms with Gasteiger partial charge < -0.3 is 15.2 Å². The number of nitrogens with one attached hydrogen (secondary N) is 1. The molecule has 0 bridgehead atoms. The Morgan fingerprint density at radius 1 is 0.926 bits per heavy atom. The molecule has 0 radical (unpaired) electrons. The highest BCUT2D eigenvalue weighted by Gasteiger charge is 2.12. The van der Waals surface area contributed by atoms with E-state index in [4.69, 9.17) is 4.74 Å². The fourth-order valence-electron chi connectivity index (χ4n) is 3.01. The van der Waals surface area contributed by atoms with Crippen LogP contribution in [-0.4, -0.2) is 18.2 Å². The first-order chi connectivity index (χ1) is 13.1. The third-order valence-corrected chi connectivity index (χ3v) is 4.57. The Kier molecular flexibility index (Phi) is 5.77. The molecular weight excluding hydrogens is 338 g/mol. The summed E-state index contributed by atoms with van der Waals surface area (Å²) in [6, 6.07) is 21.3. The molecule has 4 heteroatoms. The summed E-state index contributed by atoms with van der Waals surface area (Å²) in [5, 5.41) is 12.8. The van der Waals surface area contributed by atoms with Crippen molar-refractivity contribution in [2.45, 2.75) is 19.8 Å². The first-order valence-electron chi connectivity index (χ1n) is 8.88. The summed E-state index contributed by atoms with van der Waals surface area (Å²) in [5.41, 5.74) is 5.12. The van der Waals surface area contributed by atoms with Crippen molar-refractivity contribution in [2.24, 2.45) is 0 Å². The first kappa shape index (κ1) is 18.5. The van der Waals surface area contributed by atoms with Gasteiger partial charge in [-0.05, 0) is 66.8 Å². The molecule has 0 unspecified atom stereocenters. The van der Waals surface area contributed by atoms with Crippen LogP contribution >= 0.6 is 0 Å². The fourth-order valence-corrected chi connectivity index (χ4v) is 3.01. The fraction of sp³-hybridized carbons (Fsp3) is 0.174. The first-order valence-corrected chi connectivity index (χ1v) is 8.88. The Labute approximate surface area is 159 Å². The highest BCUT2D eigenvalue weighted by molar-refractivity contribution is 5.95. The summed E-state index contributed by atoms with van der Waals surface area (Å²) >= 11 is 0. The van der Waals surface area contributed by atoms with Crippen LogP contribution in [0, 0.1) is 6.92 Å². The van der Waals surface area contributed by atoms with Crippen LogP contribution in [0.1, 0.15) is 27.0 Å². The predicted octanol–water partition coefficient (Wildman–Crippen LogP) is 5.23. The number of carboxylic acids is 1. The van der Waals surface area contributed by atoms with Crippen LogP contribution in [0.5, 0.6) is 5.75 Å². The molecule has 2 N–H and O–H groups in total. The highest BCUT2D eigenvalue weighted by Crippen LogP contribution is 2.25. The van der Waals surface area contributed by atoms with Gasteiger partial charge in [0.2, 0.25) is 0 Å². The van der Waals surface area contributed by atoms with Gasteiger partial charge in [0.05, 0.1) is 18.4 Å². The number of carboxylic acid groups (broad SMARTS) is 1. The smallest absolute Gasteiger partial charge is 0.337 e. The molecule has 0 aromatic heterocycles. The number of anilines is 2. The van der Waals surface area contributed by atoms with Gasteiger partial charge >= 0.3 is 5.97 Å². The van der Waals surface area contributed by atoms with Crippen LogP contribution in [-0.2, 0) is 12.8 Å². The molecule has 4 nitrogen and oxygen atoms in total. The van der Waals surface area contributed by atoms with Gasteiger partial charge in [-0.15, -0.1) is 0 Å². The number of hydrogen-bond acceptors (Lipinski definition) is 3. The maximum absolute atomic E-state index is 11.6. The standard InChI is InChI=1S/C23H23NO3/c1-16-6-3-4-9-21(16)24-22-15-18(12-13-20(22)23(25)26)11-10-17-7-5-8-19(14-17)27-2/h3-9,12-15,24H,10-11H2,1-2H3,(H,25,26). The molecule has 0 aliphatic carbocycles. The van der Waals surface area contributed by atoms with Crippen LogP contribution in [0.2, 0.25) is 0 Å². The zero-order chi connectivity index (χ0) is 19.2. The SMILES string of the molecule is COc1cccc(CCc2ccc(C(=O)O)c(Nc3ccccc3C)c2)c1. The molecule has 0 fully saturated rings. The monoisotopic (exact) mass is 361 g/mol. The number of aryl methyl sites for hydroxylation is 3. The van der Waals surface area contributed by atoms with Crippen LogP contribution in [0.25, 0.3) is 0 Å². The molecule has 0 saturated heterocycles. The Bertz CT molecular complexity index is 950. The lowest BCUT2D eigenvalue weighted by Gasteiger charge is -2.14. The van der Waals surface area contributed by atoms with E-state index in [0.717, 1.165) is 35.4 Å². The van der Waals surface area contributed by atoms with Gasteiger partial charge in [0, 0.05) is 5.69 Å². The minimum Gasteiger partial charge on any atom is -0.497 e. The number of ether oxygens (including phenoxy) is 1. The third kappa shape index (κ3) is 4.67. The molecule has 0 saturated carbocycles. The number of carbonyl (C=O) groups is 1. The van der Waals surface area contributed by atoms with Crippen molar-refractivity contribution in [3.63, 3.8) is 0 Å². The van der Waals surface area contributed by atoms with Crippen LogP contribution < -0.4 is 10.1 Å². The van der Waals surface area contributed by atoms with Gasteiger partial charge in [-0.2, -0.15) is 0 Å². The van der Waals surface area contributed by atoms with E-state index in [1.54, 1.807) is 13.2 Å². The van der Waals surface area contributed by atoms with Crippen LogP contribution in [0.15, 0.2) is 66.7 Å². The molecule has 3 aromatic carbocycles. The Balaban J connectivity index is 1.82. The van der Waals surface area contributed by atoms with Gasteiger partial charge in [0.25, 0.3) is 0 Å². The van der Waals surface area contributed by atoms with Crippen molar-refractivity contribution in [3.05, 3.63) is 89.0 Å². The predicted molar refractivity (Wildman–Crippen MR) is 108 cm³/mol. The lowest BCUT2D eigenvalue weighted by Crippen LogP contribution is -2.05. The van der Waals surface area contributed by atoms with E-state index < -0.39 is 5.97 Å². The number of methoxy groups -OCH3 is 1. The zero-order valence-electron chi connectivity index (χ0n) is 15.5. The minimum atomic E-state index is -0.939. The summed E-state index contributed by atoms with van der Waals surface area (Å²) in [4.78, 5) is 11.6. The Hall–Kier alpha value is -3.27. The Morgan fingerprint density at radius 2 is 1.67 bits per heavy atom. The van der Waals surface area contributed by atoms with Crippen molar-refractivity contribution in [2.75, 3.05) is 12.4 Å². The molecule has 0 heterocycles. The molecule has 0 atom stereocenters. The quantitative estimate of drug-likeness (QED) is 0.605. The molecule has 3 rings (SSSR count). The molecule has 27 heavy (non-hydrogen) atoms. The topological polar surface area (TPSA) is 58.6 Å². The van der Waals surface area contributed by atoms with Crippen molar-refractivity contribution in [3.8, 4) is 5.75 Å². The molecule has 0 amide bonds. The maximum atomic E-state index is 11.6. The van der Waals surface area contributed by atoms with E-state index in [1.165, 1.54) is 5.56 Å². The third-order valence-electron chi connectivity index (χ3n) is 4.57. The molecule has 3 aromatic rings. The van der Waals surface area contributed by atoms with E-state index in [1.807, 2.05) is 61.5 Å². The minimum absolute atomic E-state index is 0.267. The van der Waals surface area contributed by atoms with Crippen LogP contribution in [0.3, 0.4) is 0 Å². The molecule has 138 valence electrons. The average Bonchev–Trinajstić information content (AvgIpc) is 2.68. The zero-order valence-corrected chi connectivity index (χ0v) is 15.5.